The topological polar surface area (TPSA) is 113 Å². The summed E-state index contributed by atoms with van der Waals surface area (Å²) in [5, 5.41) is 11.0. The van der Waals surface area contributed by atoms with Crippen LogP contribution in [0.25, 0.3) is 6.08 Å². The predicted octanol–water partition coefficient (Wildman–Crippen LogP) is 3.59. The zero-order valence-electron chi connectivity index (χ0n) is 16.1. The van der Waals surface area contributed by atoms with Gasteiger partial charge in [0.25, 0.3) is 11.8 Å². The van der Waals surface area contributed by atoms with Crippen LogP contribution in [0.15, 0.2) is 42.0 Å². The first kappa shape index (κ1) is 23.2. The molecule has 0 spiro atoms. The van der Waals surface area contributed by atoms with Crippen LogP contribution in [0.3, 0.4) is 0 Å². The summed E-state index contributed by atoms with van der Waals surface area (Å²) < 4.78 is 6.52. The highest BCUT2D eigenvalue weighted by molar-refractivity contribution is 14.1. The molecule has 0 atom stereocenters. The first-order valence-electron chi connectivity index (χ1n) is 9.05. The average molecular weight is 646 g/mol. The summed E-state index contributed by atoms with van der Waals surface area (Å²) in [5.41, 5.74) is 1.75. The third kappa shape index (κ3) is 5.23. The molecule has 2 aromatic rings. The minimum Gasteiger partial charge on any atom is -0.480 e. The lowest BCUT2D eigenvalue weighted by atomic mass is 10.1. The monoisotopic (exact) mass is 646 g/mol. The Morgan fingerprint density at radius 2 is 1.74 bits per heavy atom. The van der Waals surface area contributed by atoms with Crippen molar-refractivity contribution in [2.24, 2.45) is 0 Å². The predicted molar refractivity (Wildman–Crippen MR) is 130 cm³/mol. The van der Waals surface area contributed by atoms with Crippen LogP contribution in [0, 0.1) is 7.14 Å². The molecule has 2 N–H and O–H groups in total. The van der Waals surface area contributed by atoms with Crippen LogP contribution >= 0.6 is 45.2 Å². The minimum absolute atomic E-state index is 0.190. The highest BCUT2D eigenvalue weighted by Gasteiger charge is 2.36. The molecule has 3 rings (SSSR count). The molecular formula is C21H16I2N2O6. The Kier molecular flexibility index (Phi) is 7.30. The summed E-state index contributed by atoms with van der Waals surface area (Å²) in [4.78, 5) is 49.4. The first-order chi connectivity index (χ1) is 14.7. The lowest BCUT2D eigenvalue weighted by Gasteiger charge is -2.26. The standard InChI is InChI=1S/C21H16I2N2O6/c1-2-11-3-5-13(6-4-11)25-20(29)14(19(28)24-21(25)30)7-12-8-15(22)18(16(23)9-12)31-10-17(26)27/h3-9H,2,10H2,1H3,(H,26,27)(H,24,28,30)/b14-7-. The largest absolute Gasteiger partial charge is 0.480 e. The van der Waals surface area contributed by atoms with Gasteiger partial charge in [0, 0.05) is 0 Å². The van der Waals surface area contributed by atoms with Crippen molar-refractivity contribution in [2.75, 3.05) is 11.5 Å². The van der Waals surface area contributed by atoms with Gasteiger partial charge in [-0.2, -0.15) is 0 Å². The average Bonchev–Trinajstić information content (AvgIpc) is 2.70. The Morgan fingerprint density at radius 3 is 2.29 bits per heavy atom. The van der Waals surface area contributed by atoms with E-state index in [0.29, 0.717) is 24.1 Å². The lowest BCUT2D eigenvalue weighted by Crippen LogP contribution is -2.54. The molecule has 10 heteroatoms. The number of amides is 4. The molecule has 1 aliphatic rings. The van der Waals surface area contributed by atoms with Crippen LogP contribution in [0.1, 0.15) is 18.1 Å². The van der Waals surface area contributed by atoms with Crippen LogP contribution in [0.5, 0.6) is 5.75 Å². The van der Waals surface area contributed by atoms with Gasteiger partial charge in [-0.15, -0.1) is 0 Å². The van der Waals surface area contributed by atoms with Gasteiger partial charge in [-0.1, -0.05) is 19.1 Å². The molecule has 1 heterocycles. The van der Waals surface area contributed by atoms with Crippen molar-refractivity contribution in [3.05, 3.63) is 60.2 Å². The Balaban J connectivity index is 1.95. The number of carboxylic acids is 1. The number of urea groups is 1. The number of rotatable bonds is 6. The number of carboxylic acid groups (broad SMARTS) is 1. The van der Waals surface area contributed by atoms with Gasteiger partial charge in [-0.25, -0.2) is 14.5 Å². The van der Waals surface area contributed by atoms with Crippen molar-refractivity contribution in [1.29, 1.82) is 0 Å². The maximum atomic E-state index is 13.0. The molecule has 1 saturated heterocycles. The highest BCUT2D eigenvalue weighted by Crippen LogP contribution is 2.30. The number of hydrogen-bond donors (Lipinski definition) is 2. The molecule has 160 valence electrons. The zero-order valence-corrected chi connectivity index (χ0v) is 20.5. The van der Waals surface area contributed by atoms with E-state index >= 15 is 0 Å². The maximum Gasteiger partial charge on any atom is 0.341 e. The van der Waals surface area contributed by atoms with E-state index in [1.807, 2.05) is 64.2 Å². The number of nitrogens with one attached hydrogen (secondary N) is 1. The van der Waals surface area contributed by atoms with Crippen molar-refractivity contribution in [1.82, 2.24) is 5.32 Å². The molecule has 2 aromatic carbocycles. The van der Waals surface area contributed by atoms with E-state index in [1.165, 1.54) is 6.08 Å². The Hall–Kier alpha value is -2.48. The number of imide groups is 2. The summed E-state index contributed by atoms with van der Waals surface area (Å²) in [6.45, 7) is 1.51. The van der Waals surface area contributed by atoms with Crippen LogP contribution in [-0.4, -0.2) is 35.5 Å². The third-order valence-electron chi connectivity index (χ3n) is 4.38. The number of barbiturate groups is 1. The molecule has 0 unspecified atom stereocenters. The summed E-state index contributed by atoms with van der Waals surface area (Å²) >= 11 is 3.97. The van der Waals surface area contributed by atoms with Crippen molar-refractivity contribution in [3.8, 4) is 5.75 Å². The highest BCUT2D eigenvalue weighted by atomic mass is 127. The SMILES string of the molecule is CCc1ccc(N2C(=O)NC(=O)/C(=C/c3cc(I)c(OCC(=O)O)c(I)c3)C2=O)cc1. The Morgan fingerprint density at radius 1 is 1.13 bits per heavy atom. The minimum atomic E-state index is -1.10. The number of carbonyl (C=O) groups is 4. The first-order valence-corrected chi connectivity index (χ1v) is 11.2. The summed E-state index contributed by atoms with van der Waals surface area (Å²) in [7, 11) is 0. The number of carbonyl (C=O) groups excluding carboxylic acids is 3. The second-order valence-electron chi connectivity index (χ2n) is 6.47. The van der Waals surface area contributed by atoms with Crippen molar-refractivity contribution >= 4 is 80.8 Å². The normalized spacial score (nSPS) is 15.3. The second kappa shape index (κ2) is 9.77. The van der Waals surface area contributed by atoms with Crippen LogP contribution in [-0.2, 0) is 20.8 Å². The molecule has 31 heavy (non-hydrogen) atoms. The summed E-state index contributed by atoms with van der Waals surface area (Å²) in [5.74, 6) is -2.21. The number of anilines is 1. The maximum absolute atomic E-state index is 13.0. The van der Waals surface area contributed by atoms with E-state index in [0.717, 1.165) is 16.9 Å². The molecule has 0 aliphatic carbocycles. The molecule has 1 aliphatic heterocycles. The number of aryl methyl sites for hydroxylation is 1. The summed E-state index contributed by atoms with van der Waals surface area (Å²) in [6, 6.07) is 9.45. The van der Waals surface area contributed by atoms with Crippen molar-refractivity contribution < 1.29 is 29.0 Å². The molecule has 0 aromatic heterocycles. The fraction of sp³-hybridized carbons (Fsp3) is 0.143. The third-order valence-corrected chi connectivity index (χ3v) is 5.98. The number of hydrogen-bond acceptors (Lipinski definition) is 5. The molecule has 1 fully saturated rings. The van der Waals surface area contributed by atoms with Gasteiger partial charge in [0.05, 0.1) is 12.8 Å². The number of benzene rings is 2. The van der Waals surface area contributed by atoms with Gasteiger partial charge >= 0.3 is 12.0 Å². The molecule has 8 nitrogen and oxygen atoms in total. The summed E-state index contributed by atoms with van der Waals surface area (Å²) in [6.07, 6.45) is 2.20. The number of ether oxygens (including phenoxy) is 1. The second-order valence-corrected chi connectivity index (χ2v) is 8.80. The van der Waals surface area contributed by atoms with Gasteiger partial charge < -0.3 is 9.84 Å². The molecule has 0 saturated carbocycles. The van der Waals surface area contributed by atoms with E-state index in [-0.39, 0.29) is 5.57 Å². The van der Waals surface area contributed by atoms with E-state index in [2.05, 4.69) is 5.32 Å². The van der Waals surface area contributed by atoms with Gasteiger partial charge in [0.15, 0.2) is 6.61 Å². The fourth-order valence-corrected chi connectivity index (χ4v) is 5.00. The van der Waals surface area contributed by atoms with E-state index in [4.69, 9.17) is 9.84 Å². The fourth-order valence-electron chi connectivity index (χ4n) is 2.87. The van der Waals surface area contributed by atoms with Crippen LogP contribution < -0.4 is 15.0 Å². The molecule has 4 amide bonds. The quantitative estimate of drug-likeness (QED) is 0.282. The van der Waals surface area contributed by atoms with Crippen LogP contribution in [0.4, 0.5) is 10.5 Å². The van der Waals surface area contributed by atoms with E-state index < -0.39 is 30.4 Å². The van der Waals surface area contributed by atoms with Gasteiger partial charge in [0.1, 0.15) is 11.3 Å². The van der Waals surface area contributed by atoms with Crippen LogP contribution in [0.2, 0.25) is 0 Å². The molecule has 0 radical (unpaired) electrons. The van der Waals surface area contributed by atoms with Crippen molar-refractivity contribution in [2.45, 2.75) is 13.3 Å². The van der Waals surface area contributed by atoms with E-state index in [1.54, 1.807) is 24.3 Å². The molecular weight excluding hydrogens is 630 g/mol. The smallest absolute Gasteiger partial charge is 0.341 e. The van der Waals surface area contributed by atoms with Gasteiger partial charge in [-0.05, 0) is 93.1 Å². The number of halogens is 2. The molecule has 0 bridgehead atoms. The number of aliphatic carboxylic acids is 1. The Bertz CT molecular complexity index is 1090. The van der Waals surface area contributed by atoms with Gasteiger partial charge in [0.2, 0.25) is 0 Å². The zero-order chi connectivity index (χ0) is 22.7. The Labute approximate surface area is 204 Å². The van der Waals surface area contributed by atoms with Crippen molar-refractivity contribution in [3.63, 3.8) is 0 Å². The van der Waals surface area contributed by atoms with Gasteiger partial charge in [-0.3, -0.25) is 14.9 Å². The lowest BCUT2D eigenvalue weighted by molar-refractivity contribution is -0.139. The van der Waals surface area contributed by atoms with E-state index in [9.17, 15) is 19.2 Å². The number of nitrogens with zero attached hydrogens (tertiary/aromatic N) is 1.